The Morgan fingerprint density at radius 3 is 2.41 bits per heavy atom. The van der Waals surface area contributed by atoms with Gasteiger partial charge in [0.25, 0.3) is 0 Å². The van der Waals surface area contributed by atoms with Crippen LogP contribution in [-0.2, 0) is 6.61 Å². The number of halogens is 1. The van der Waals surface area contributed by atoms with Crippen molar-refractivity contribution in [1.82, 2.24) is 9.97 Å². The van der Waals surface area contributed by atoms with Gasteiger partial charge in [0.2, 0.25) is 0 Å². The van der Waals surface area contributed by atoms with Crippen LogP contribution in [0, 0.1) is 33.5 Å². The average molecular weight is 298 g/mol. The van der Waals surface area contributed by atoms with E-state index in [0.717, 1.165) is 44.9 Å². The second kappa shape index (κ2) is 5.44. The molecule has 0 radical (unpaired) electrons. The van der Waals surface area contributed by atoms with Gasteiger partial charge in [-0.15, -0.1) is 0 Å². The van der Waals surface area contributed by atoms with Crippen molar-refractivity contribution in [2.24, 2.45) is 0 Å². The maximum absolute atomic E-state index is 13.0. The number of nitrogens with one attached hydrogen (secondary N) is 1. The number of pyridine rings is 1. The summed E-state index contributed by atoms with van der Waals surface area (Å²) in [6.45, 7) is 8.48. The van der Waals surface area contributed by atoms with Crippen LogP contribution in [-0.4, -0.2) is 9.97 Å². The molecule has 1 aromatic carbocycles. The molecule has 0 amide bonds. The van der Waals surface area contributed by atoms with Gasteiger partial charge in [-0.25, -0.2) is 4.39 Å². The van der Waals surface area contributed by atoms with E-state index < -0.39 is 0 Å². The van der Waals surface area contributed by atoms with Gasteiger partial charge in [0, 0.05) is 17.0 Å². The number of hydrogen-bond acceptors (Lipinski definition) is 2. The number of hydrogen-bond donors (Lipinski definition) is 1. The molecule has 0 aliphatic heterocycles. The van der Waals surface area contributed by atoms with Gasteiger partial charge < -0.3 is 9.72 Å². The maximum Gasteiger partial charge on any atom is 0.150 e. The van der Waals surface area contributed by atoms with Gasteiger partial charge in [-0.2, -0.15) is 0 Å². The molecule has 2 heterocycles. The zero-order valence-electron chi connectivity index (χ0n) is 13.2. The van der Waals surface area contributed by atoms with E-state index in [-0.39, 0.29) is 5.82 Å². The third-order valence-corrected chi connectivity index (χ3v) is 4.15. The van der Waals surface area contributed by atoms with Crippen LogP contribution in [0.5, 0.6) is 5.75 Å². The van der Waals surface area contributed by atoms with E-state index in [9.17, 15) is 4.39 Å². The molecular weight excluding hydrogens is 279 g/mol. The number of aromatic amines is 1. The largest absolute Gasteiger partial charge is 0.486 e. The lowest BCUT2D eigenvalue weighted by atomic mass is 10.1. The van der Waals surface area contributed by atoms with E-state index in [1.807, 2.05) is 20.8 Å². The molecule has 22 heavy (non-hydrogen) atoms. The SMILES string of the molecule is Cc1nc2c(C)c(C)[nH]c2c(OCc2ccc(F)cc2)c1C. The van der Waals surface area contributed by atoms with E-state index in [0.29, 0.717) is 6.61 Å². The summed E-state index contributed by atoms with van der Waals surface area (Å²) in [5, 5.41) is 0. The number of ether oxygens (including phenoxy) is 1. The number of nitrogens with zero attached hydrogens (tertiary/aromatic N) is 1. The number of aromatic nitrogens is 2. The summed E-state index contributed by atoms with van der Waals surface area (Å²) in [4.78, 5) is 8.02. The third kappa shape index (κ3) is 2.45. The van der Waals surface area contributed by atoms with Gasteiger partial charge in [0.1, 0.15) is 23.7 Å². The fourth-order valence-electron chi connectivity index (χ4n) is 2.53. The van der Waals surface area contributed by atoms with Gasteiger partial charge in [0.15, 0.2) is 0 Å². The van der Waals surface area contributed by atoms with Crippen LogP contribution in [0.2, 0.25) is 0 Å². The standard InChI is InChI=1S/C18H19FN2O/c1-10-12(3)21-17-16(10)20-13(4)11(2)18(17)22-9-14-5-7-15(19)8-6-14/h5-8,21H,9H2,1-4H3. The van der Waals surface area contributed by atoms with Crippen LogP contribution in [0.3, 0.4) is 0 Å². The van der Waals surface area contributed by atoms with Gasteiger partial charge in [-0.3, -0.25) is 4.98 Å². The number of benzene rings is 1. The van der Waals surface area contributed by atoms with Gasteiger partial charge in [-0.05, 0) is 51.0 Å². The Kier molecular flexibility index (Phi) is 3.61. The predicted molar refractivity (Wildman–Crippen MR) is 85.8 cm³/mol. The minimum atomic E-state index is -0.238. The topological polar surface area (TPSA) is 37.9 Å². The van der Waals surface area contributed by atoms with Crippen LogP contribution in [0.4, 0.5) is 4.39 Å². The van der Waals surface area contributed by atoms with Gasteiger partial charge >= 0.3 is 0 Å². The van der Waals surface area contributed by atoms with Crippen molar-refractivity contribution in [1.29, 1.82) is 0 Å². The molecule has 0 spiro atoms. The molecule has 0 saturated heterocycles. The molecule has 0 aliphatic carbocycles. The molecule has 1 N–H and O–H groups in total. The normalized spacial score (nSPS) is 11.1. The minimum Gasteiger partial charge on any atom is -0.486 e. The Balaban J connectivity index is 2.00. The molecule has 3 nitrogen and oxygen atoms in total. The maximum atomic E-state index is 13.0. The molecule has 3 aromatic rings. The summed E-state index contributed by atoms with van der Waals surface area (Å²) in [6.07, 6.45) is 0. The van der Waals surface area contributed by atoms with Crippen molar-refractivity contribution in [3.63, 3.8) is 0 Å². The smallest absolute Gasteiger partial charge is 0.150 e. The Labute approximate surface area is 129 Å². The molecule has 2 aromatic heterocycles. The highest BCUT2D eigenvalue weighted by Gasteiger charge is 2.15. The van der Waals surface area contributed by atoms with E-state index in [1.54, 1.807) is 12.1 Å². The summed E-state index contributed by atoms with van der Waals surface area (Å²) in [7, 11) is 0. The molecule has 0 fully saturated rings. The van der Waals surface area contributed by atoms with Crippen molar-refractivity contribution >= 4 is 11.0 Å². The first-order valence-corrected chi connectivity index (χ1v) is 7.30. The summed E-state index contributed by atoms with van der Waals surface area (Å²) in [5.41, 5.74) is 7.04. The highest BCUT2D eigenvalue weighted by molar-refractivity contribution is 5.87. The number of H-pyrrole nitrogens is 1. The lowest BCUT2D eigenvalue weighted by Crippen LogP contribution is -2.00. The molecule has 0 bridgehead atoms. The summed E-state index contributed by atoms with van der Waals surface area (Å²) < 4.78 is 19.0. The van der Waals surface area contributed by atoms with E-state index in [4.69, 9.17) is 4.74 Å². The quantitative estimate of drug-likeness (QED) is 0.772. The first kappa shape index (κ1) is 14.6. The third-order valence-electron chi connectivity index (χ3n) is 4.15. The molecule has 0 atom stereocenters. The number of fused-ring (bicyclic) bond motifs is 1. The summed E-state index contributed by atoms with van der Waals surface area (Å²) >= 11 is 0. The summed E-state index contributed by atoms with van der Waals surface area (Å²) in [6, 6.07) is 6.37. The lowest BCUT2D eigenvalue weighted by Gasteiger charge is -2.12. The van der Waals surface area contributed by atoms with Crippen LogP contribution < -0.4 is 4.74 Å². The zero-order chi connectivity index (χ0) is 15.9. The highest BCUT2D eigenvalue weighted by atomic mass is 19.1. The fourth-order valence-corrected chi connectivity index (χ4v) is 2.53. The molecule has 0 saturated carbocycles. The van der Waals surface area contributed by atoms with Crippen LogP contribution in [0.1, 0.15) is 28.1 Å². The molecule has 0 aliphatic rings. The number of aryl methyl sites for hydroxylation is 3. The van der Waals surface area contributed by atoms with Gasteiger partial charge in [-0.1, -0.05) is 12.1 Å². The highest BCUT2D eigenvalue weighted by Crippen LogP contribution is 2.32. The Bertz CT molecular complexity index is 835. The fraction of sp³-hybridized carbons (Fsp3) is 0.278. The zero-order valence-corrected chi connectivity index (χ0v) is 13.2. The van der Waals surface area contributed by atoms with Crippen LogP contribution in [0.25, 0.3) is 11.0 Å². The Hall–Kier alpha value is -2.36. The van der Waals surface area contributed by atoms with Crippen LogP contribution in [0.15, 0.2) is 24.3 Å². The predicted octanol–water partition coefficient (Wildman–Crippen LogP) is 4.51. The van der Waals surface area contributed by atoms with Crippen molar-refractivity contribution in [3.05, 3.63) is 58.2 Å². The summed E-state index contributed by atoms with van der Waals surface area (Å²) in [5.74, 6) is 0.584. The van der Waals surface area contributed by atoms with E-state index in [1.165, 1.54) is 12.1 Å². The minimum absolute atomic E-state index is 0.238. The van der Waals surface area contributed by atoms with Crippen molar-refractivity contribution in [3.8, 4) is 5.75 Å². The van der Waals surface area contributed by atoms with Crippen molar-refractivity contribution < 1.29 is 9.13 Å². The van der Waals surface area contributed by atoms with Crippen LogP contribution >= 0.6 is 0 Å². The van der Waals surface area contributed by atoms with Crippen molar-refractivity contribution in [2.45, 2.75) is 34.3 Å². The second-order valence-corrected chi connectivity index (χ2v) is 5.67. The molecule has 0 unspecified atom stereocenters. The number of rotatable bonds is 3. The van der Waals surface area contributed by atoms with Crippen molar-refractivity contribution in [2.75, 3.05) is 0 Å². The molecule has 4 heteroatoms. The second-order valence-electron chi connectivity index (χ2n) is 5.67. The monoisotopic (exact) mass is 298 g/mol. The molecule has 3 rings (SSSR count). The van der Waals surface area contributed by atoms with Gasteiger partial charge in [0.05, 0.1) is 5.52 Å². The Morgan fingerprint density at radius 2 is 1.73 bits per heavy atom. The molecule has 114 valence electrons. The lowest BCUT2D eigenvalue weighted by molar-refractivity contribution is 0.306. The first-order chi connectivity index (χ1) is 10.5. The van der Waals surface area contributed by atoms with E-state index >= 15 is 0 Å². The van der Waals surface area contributed by atoms with E-state index in [2.05, 4.69) is 16.9 Å². The first-order valence-electron chi connectivity index (χ1n) is 7.30. The molecular formula is C18H19FN2O. The Morgan fingerprint density at radius 1 is 1.05 bits per heavy atom. The average Bonchev–Trinajstić information content (AvgIpc) is 2.77.